The fraction of sp³-hybridized carbons (Fsp3) is 0.357. The predicted molar refractivity (Wildman–Crippen MR) is 80.1 cm³/mol. The minimum Gasteiger partial charge on any atom is -0.463 e. The zero-order chi connectivity index (χ0) is 14.5. The standard InChI is InChI=1S/C14H18N4OS/c1-4-7-19-13-16-12(15)17-14(18-13)20-11-6-5-9(2)10(3)8-11/h5-6,8H,4,7H2,1-3H3,(H2,15,16,17,18). The second-order valence-electron chi connectivity index (χ2n) is 4.46. The Morgan fingerprint density at radius 1 is 1.15 bits per heavy atom. The van der Waals surface area contributed by atoms with Crippen LogP contribution in [0, 0.1) is 13.8 Å². The molecular weight excluding hydrogens is 272 g/mol. The van der Waals surface area contributed by atoms with Gasteiger partial charge in [0.1, 0.15) is 0 Å². The number of anilines is 1. The smallest absolute Gasteiger partial charge is 0.322 e. The van der Waals surface area contributed by atoms with Crippen LogP contribution in [0.15, 0.2) is 28.3 Å². The zero-order valence-electron chi connectivity index (χ0n) is 11.9. The van der Waals surface area contributed by atoms with Crippen molar-refractivity contribution in [2.75, 3.05) is 12.3 Å². The highest BCUT2D eigenvalue weighted by Gasteiger charge is 2.08. The molecule has 20 heavy (non-hydrogen) atoms. The molecule has 0 spiro atoms. The highest BCUT2D eigenvalue weighted by molar-refractivity contribution is 7.99. The SMILES string of the molecule is CCCOc1nc(N)nc(Sc2ccc(C)c(C)c2)n1. The molecule has 106 valence electrons. The first kappa shape index (κ1) is 14.6. The van der Waals surface area contributed by atoms with Gasteiger partial charge in [-0.3, -0.25) is 0 Å². The third kappa shape index (κ3) is 3.84. The molecule has 5 nitrogen and oxygen atoms in total. The molecule has 6 heteroatoms. The lowest BCUT2D eigenvalue weighted by Crippen LogP contribution is -2.05. The lowest BCUT2D eigenvalue weighted by atomic mass is 10.1. The maximum absolute atomic E-state index is 5.68. The summed E-state index contributed by atoms with van der Waals surface area (Å²) >= 11 is 1.45. The number of ether oxygens (including phenoxy) is 1. The highest BCUT2D eigenvalue weighted by Crippen LogP contribution is 2.27. The van der Waals surface area contributed by atoms with E-state index in [9.17, 15) is 0 Å². The van der Waals surface area contributed by atoms with E-state index in [2.05, 4.69) is 40.9 Å². The molecule has 0 amide bonds. The van der Waals surface area contributed by atoms with E-state index in [0.29, 0.717) is 11.8 Å². The Hall–Kier alpha value is -1.82. The zero-order valence-corrected chi connectivity index (χ0v) is 12.7. The minimum absolute atomic E-state index is 0.178. The van der Waals surface area contributed by atoms with Gasteiger partial charge < -0.3 is 10.5 Å². The lowest BCUT2D eigenvalue weighted by molar-refractivity contribution is 0.288. The van der Waals surface area contributed by atoms with Crippen molar-refractivity contribution in [3.8, 4) is 6.01 Å². The van der Waals surface area contributed by atoms with Crippen molar-refractivity contribution in [2.24, 2.45) is 0 Å². The van der Waals surface area contributed by atoms with Gasteiger partial charge in [0.2, 0.25) is 11.1 Å². The van der Waals surface area contributed by atoms with Crippen molar-refractivity contribution in [3.63, 3.8) is 0 Å². The second-order valence-corrected chi connectivity index (χ2v) is 5.50. The van der Waals surface area contributed by atoms with Crippen LogP contribution in [0.25, 0.3) is 0 Å². The maximum atomic E-state index is 5.68. The first-order chi connectivity index (χ1) is 9.58. The molecule has 2 rings (SSSR count). The third-order valence-corrected chi connectivity index (χ3v) is 3.59. The summed E-state index contributed by atoms with van der Waals surface area (Å²) < 4.78 is 5.40. The molecular formula is C14H18N4OS. The van der Waals surface area contributed by atoms with Crippen molar-refractivity contribution in [2.45, 2.75) is 37.2 Å². The second kappa shape index (κ2) is 6.56. The van der Waals surface area contributed by atoms with Gasteiger partial charge in [-0.15, -0.1) is 0 Å². The molecule has 0 atom stereocenters. The van der Waals surface area contributed by atoms with Crippen molar-refractivity contribution in [3.05, 3.63) is 29.3 Å². The summed E-state index contributed by atoms with van der Waals surface area (Å²) in [5.74, 6) is 0.178. The summed E-state index contributed by atoms with van der Waals surface area (Å²) in [6, 6.07) is 6.51. The Balaban J connectivity index is 2.19. The number of aromatic nitrogens is 3. The van der Waals surface area contributed by atoms with Crippen molar-refractivity contribution in [1.82, 2.24) is 15.0 Å². The summed E-state index contributed by atoms with van der Waals surface area (Å²) in [7, 11) is 0. The molecule has 1 aromatic heterocycles. The van der Waals surface area contributed by atoms with Gasteiger partial charge in [0.05, 0.1) is 6.61 Å². The number of hydrogen-bond acceptors (Lipinski definition) is 6. The van der Waals surface area contributed by atoms with Gasteiger partial charge in [-0.25, -0.2) is 0 Å². The number of nitrogen functional groups attached to an aromatic ring is 1. The molecule has 0 radical (unpaired) electrons. The minimum atomic E-state index is 0.178. The summed E-state index contributed by atoms with van der Waals surface area (Å²) in [4.78, 5) is 13.4. The van der Waals surface area contributed by atoms with E-state index in [1.807, 2.05) is 13.0 Å². The molecule has 0 aliphatic carbocycles. The quantitative estimate of drug-likeness (QED) is 0.912. The highest BCUT2D eigenvalue weighted by atomic mass is 32.2. The Kier molecular flexibility index (Phi) is 4.79. The average molecular weight is 290 g/mol. The van der Waals surface area contributed by atoms with Crippen molar-refractivity contribution >= 4 is 17.7 Å². The van der Waals surface area contributed by atoms with Crippen LogP contribution in [0.2, 0.25) is 0 Å². The van der Waals surface area contributed by atoms with Gasteiger partial charge in [-0.1, -0.05) is 13.0 Å². The van der Waals surface area contributed by atoms with Gasteiger partial charge >= 0.3 is 6.01 Å². The van der Waals surface area contributed by atoms with Crippen molar-refractivity contribution < 1.29 is 4.74 Å². The molecule has 0 fully saturated rings. The number of benzene rings is 1. The van der Waals surface area contributed by atoms with Crippen LogP contribution >= 0.6 is 11.8 Å². The van der Waals surface area contributed by atoms with E-state index in [1.165, 1.54) is 22.9 Å². The molecule has 0 saturated carbocycles. The molecule has 0 aliphatic heterocycles. The van der Waals surface area contributed by atoms with Crippen LogP contribution in [0.3, 0.4) is 0 Å². The molecule has 0 aliphatic rings. The van der Waals surface area contributed by atoms with Crippen LogP contribution in [0.1, 0.15) is 24.5 Å². The normalized spacial score (nSPS) is 10.6. The van der Waals surface area contributed by atoms with Gasteiger partial charge in [0.15, 0.2) is 0 Å². The van der Waals surface area contributed by atoms with Gasteiger partial charge in [0, 0.05) is 4.90 Å². The Morgan fingerprint density at radius 2 is 1.95 bits per heavy atom. The van der Waals surface area contributed by atoms with Crippen LogP contribution in [0.5, 0.6) is 6.01 Å². The fourth-order valence-electron chi connectivity index (χ4n) is 1.54. The topological polar surface area (TPSA) is 73.9 Å². The average Bonchev–Trinajstić information content (AvgIpc) is 2.40. The van der Waals surface area contributed by atoms with Gasteiger partial charge in [0.25, 0.3) is 0 Å². The number of aryl methyl sites for hydroxylation is 2. The monoisotopic (exact) mass is 290 g/mol. The van der Waals surface area contributed by atoms with Crippen molar-refractivity contribution in [1.29, 1.82) is 0 Å². The molecule has 2 aromatic rings. The number of rotatable bonds is 5. The number of nitrogens with zero attached hydrogens (tertiary/aromatic N) is 3. The fourth-order valence-corrected chi connectivity index (χ4v) is 2.38. The van der Waals surface area contributed by atoms with E-state index < -0.39 is 0 Å². The molecule has 1 heterocycles. The predicted octanol–water partition coefficient (Wildman–Crippen LogP) is 3.01. The molecule has 2 N–H and O–H groups in total. The Morgan fingerprint density at radius 3 is 2.65 bits per heavy atom. The molecule has 0 bridgehead atoms. The van der Waals surface area contributed by atoms with Crippen LogP contribution in [0.4, 0.5) is 5.95 Å². The molecule has 0 unspecified atom stereocenters. The first-order valence-electron chi connectivity index (χ1n) is 6.48. The molecule has 0 saturated heterocycles. The van der Waals surface area contributed by atoms with Crippen LogP contribution in [-0.2, 0) is 0 Å². The largest absolute Gasteiger partial charge is 0.463 e. The summed E-state index contributed by atoms with van der Waals surface area (Å²) in [5, 5.41) is 0.548. The summed E-state index contributed by atoms with van der Waals surface area (Å²) in [6.45, 7) is 6.75. The van der Waals surface area contributed by atoms with Crippen LogP contribution < -0.4 is 10.5 Å². The Bertz CT molecular complexity index is 604. The lowest BCUT2D eigenvalue weighted by Gasteiger charge is -2.06. The first-order valence-corrected chi connectivity index (χ1v) is 7.29. The van der Waals surface area contributed by atoms with E-state index in [1.54, 1.807) is 0 Å². The van der Waals surface area contributed by atoms with E-state index in [-0.39, 0.29) is 12.0 Å². The summed E-state index contributed by atoms with van der Waals surface area (Å²) in [5.41, 5.74) is 8.18. The third-order valence-electron chi connectivity index (χ3n) is 2.73. The maximum Gasteiger partial charge on any atom is 0.322 e. The molecule has 1 aromatic carbocycles. The summed E-state index contributed by atoms with van der Waals surface area (Å²) in [6.07, 6.45) is 0.894. The van der Waals surface area contributed by atoms with E-state index in [0.717, 1.165) is 11.3 Å². The number of hydrogen-bond donors (Lipinski definition) is 1. The van der Waals surface area contributed by atoms with Gasteiger partial charge in [-0.05, 0) is 55.3 Å². The van der Waals surface area contributed by atoms with E-state index in [4.69, 9.17) is 10.5 Å². The van der Waals surface area contributed by atoms with Crippen LogP contribution in [-0.4, -0.2) is 21.6 Å². The van der Waals surface area contributed by atoms with E-state index >= 15 is 0 Å². The number of nitrogens with two attached hydrogens (primary N) is 1. The Labute approximate surface area is 123 Å². The van der Waals surface area contributed by atoms with Gasteiger partial charge in [-0.2, -0.15) is 15.0 Å².